The first-order valence-corrected chi connectivity index (χ1v) is 16.7. The number of nitrogens with two attached hydrogens (primary N) is 4. The van der Waals surface area contributed by atoms with Gasteiger partial charge in [-0.15, -0.1) is 0 Å². The van der Waals surface area contributed by atoms with E-state index in [0.717, 1.165) is 18.7 Å². The first-order valence-electron chi connectivity index (χ1n) is 16.7. The molecule has 1 heterocycles. The first-order chi connectivity index (χ1) is 25.1. The number of likely N-dealkylation sites (tertiary alicyclic amines) is 1. The number of primary amides is 3. The molecule has 24 nitrogen and oxygen atoms in total. The van der Waals surface area contributed by atoms with Crippen molar-refractivity contribution in [2.75, 3.05) is 13.2 Å². The average molecular weight is 775 g/mol. The summed E-state index contributed by atoms with van der Waals surface area (Å²) in [6, 6.07) is -11.3. The first kappa shape index (κ1) is 46.6. The number of nitrogens with one attached hydrogen (secondary N) is 5. The van der Waals surface area contributed by atoms with Gasteiger partial charge in [-0.05, 0) is 39.5 Å². The van der Waals surface area contributed by atoms with Crippen molar-refractivity contribution >= 4 is 59.1 Å². The summed E-state index contributed by atoms with van der Waals surface area (Å²) >= 11 is 0. The summed E-state index contributed by atoms with van der Waals surface area (Å²) in [5.41, 5.74) is 21.2. The molecule has 1 saturated heterocycles. The van der Waals surface area contributed by atoms with E-state index < -0.39 is 146 Å². The fourth-order valence-electron chi connectivity index (χ4n) is 5.21. The van der Waals surface area contributed by atoms with E-state index in [4.69, 9.17) is 22.9 Å². The van der Waals surface area contributed by atoms with Gasteiger partial charge in [-0.25, -0.2) is 4.79 Å². The van der Waals surface area contributed by atoms with E-state index in [-0.39, 0.29) is 25.8 Å². The highest BCUT2D eigenvalue weighted by Crippen LogP contribution is 2.20. The van der Waals surface area contributed by atoms with E-state index in [1.807, 2.05) is 5.32 Å². The minimum atomic E-state index is -1.82. The Balaban J connectivity index is 3.30. The number of hydrogen-bond acceptors (Lipinski definition) is 14. The maximum absolute atomic E-state index is 13.7. The molecule has 0 unspecified atom stereocenters. The van der Waals surface area contributed by atoms with Gasteiger partial charge in [0.2, 0.25) is 53.2 Å². The fraction of sp³-hybridized carbons (Fsp3) is 0.667. The third kappa shape index (κ3) is 14.9. The Morgan fingerprint density at radius 1 is 0.685 bits per heavy atom. The quantitative estimate of drug-likeness (QED) is 0.0458. The largest absolute Gasteiger partial charge is 0.480 e. The molecular formula is C30H50N10O14. The van der Waals surface area contributed by atoms with Crippen LogP contribution in [0.4, 0.5) is 0 Å². The van der Waals surface area contributed by atoms with Gasteiger partial charge in [-0.1, -0.05) is 0 Å². The summed E-state index contributed by atoms with van der Waals surface area (Å²) in [6.07, 6.45) is -5.47. The van der Waals surface area contributed by atoms with Gasteiger partial charge in [0.15, 0.2) is 6.04 Å². The lowest BCUT2D eigenvalue weighted by Crippen LogP contribution is -2.61. The zero-order valence-corrected chi connectivity index (χ0v) is 29.7. The SMILES string of the molecule is C[C@@H](O)[C@H](NC(=O)[C@@H](NC(=O)[C@H](CCC(N)=O)NC(=O)[C@@H]1CCCN1C(=O)[C@H](CC(N)=O)NC(=O)[C@H](CCC(N)=O)NC(=O)[C@@H](N)CO)[C@@H](C)O)C(=O)O. The minimum absolute atomic E-state index is 0.00391. The van der Waals surface area contributed by atoms with E-state index in [9.17, 15) is 68.4 Å². The standard InChI is InChI=1S/C30H50N10O14/c1-12(42)22(28(51)39-23(13(2)43)30(53)54)38-26(49)16(6-8-20(33)45)36-27(50)18-4-3-9-40(18)29(52)17(10-21(34)46)37-25(48)15(5-7-19(32)44)35-24(47)14(31)11-41/h12-18,22-23,41-43H,3-11,31H2,1-2H3,(H2,32,44)(H2,33,45)(H2,34,46)(H,35,47)(H,36,50)(H,37,48)(H,38,49)(H,39,51)(H,53,54)/t12-,13-,14+,15+,16+,17+,18+,22+,23+/m1/s1. The number of rotatable bonds is 23. The normalized spacial score (nSPS) is 18.3. The van der Waals surface area contributed by atoms with Crippen molar-refractivity contribution in [3.8, 4) is 0 Å². The van der Waals surface area contributed by atoms with E-state index in [0.29, 0.717) is 0 Å². The van der Waals surface area contributed by atoms with Crippen LogP contribution < -0.4 is 49.5 Å². The second-order valence-corrected chi connectivity index (χ2v) is 12.6. The van der Waals surface area contributed by atoms with Crippen LogP contribution in [0.25, 0.3) is 0 Å². The molecule has 0 radical (unpaired) electrons. The topological polar surface area (TPSA) is 419 Å². The predicted octanol–water partition coefficient (Wildman–Crippen LogP) is -8.03. The molecule has 9 amide bonds. The van der Waals surface area contributed by atoms with E-state index in [2.05, 4.69) is 21.3 Å². The Labute approximate surface area is 308 Å². The predicted molar refractivity (Wildman–Crippen MR) is 181 cm³/mol. The summed E-state index contributed by atoms with van der Waals surface area (Å²) in [4.78, 5) is 126. The molecule has 1 aliphatic rings. The summed E-state index contributed by atoms with van der Waals surface area (Å²) < 4.78 is 0. The molecule has 304 valence electrons. The monoisotopic (exact) mass is 774 g/mol. The molecule has 1 rings (SSSR count). The highest BCUT2D eigenvalue weighted by atomic mass is 16.4. The number of carbonyl (C=O) groups excluding carboxylic acids is 9. The molecule has 0 aromatic rings. The summed E-state index contributed by atoms with van der Waals surface area (Å²) in [7, 11) is 0. The van der Waals surface area contributed by atoms with Crippen LogP contribution in [0.1, 0.15) is 58.8 Å². The van der Waals surface area contributed by atoms with Gasteiger partial charge < -0.3 is 74.8 Å². The lowest BCUT2D eigenvalue weighted by Gasteiger charge is -2.31. The number of aliphatic carboxylic acids is 1. The molecule has 0 spiro atoms. The number of aliphatic hydroxyl groups is 3. The number of carbonyl (C=O) groups is 10. The van der Waals surface area contributed by atoms with Crippen molar-refractivity contribution in [1.29, 1.82) is 0 Å². The Morgan fingerprint density at radius 3 is 1.63 bits per heavy atom. The number of carboxylic acids is 1. The van der Waals surface area contributed by atoms with Crippen molar-refractivity contribution in [2.45, 2.75) is 113 Å². The van der Waals surface area contributed by atoms with Crippen LogP contribution in [0.3, 0.4) is 0 Å². The molecule has 1 aliphatic heterocycles. The fourth-order valence-corrected chi connectivity index (χ4v) is 5.21. The molecule has 0 aromatic heterocycles. The summed E-state index contributed by atoms with van der Waals surface area (Å²) in [5.74, 6) is -10.8. The van der Waals surface area contributed by atoms with Gasteiger partial charge in [-0.2, -0.15) is 0 Å². The molecule has 1 fully saturated rings. The van der Waals surface area contributed by atoms with Crippen LogP contribution >= 0.6 is 0 Å². The number of aliphatic hydroxyl groups excluding tert-OH is 3. The Bertz CT molecular complexity index is 1430. The van der Waals surface area contributed by atoms with Crippen molar-refractivity contribution in [2.24, 2.45) is 22.9 Å². The van der Waals surface area contributed by atoms with Crippen molar-refractivity contribution < 1.29 is 68.4 Å². The molecule has 0 saturated carbocycles. The molecule has 24 heteroatoms. The maximum Gasteiger partial charge on any atom is 0.328 e. The Morgan fingerprint density at radius 2 is 1.17 bits per heavy atom. The summed E-state index contributed by atoms with van der Waals surface area (Å²) in [6.45, 7) is 1.27. The molecule has 0 bridgehead atoms. The van der Waals surface area contributed by atoms with Crippen LogP contribution in [-0.4, -0.2) is 152 Å². The lowest BCUT2D eigenvalue weighted by molar-refractivity contribution is -0.146. The van der Waals surface area contributed by atoms with Crippen molar-refractivity contribution in [3.05, 3.63) is 0 Å². The maximum atomic E-state index is 13.7. The molecular weight excluding hydrogens is 724 g/mol. The van der Waals surface area contributed by atoms with Crippen LogP contribution in [0.15, 0.2) is 0 Å². The van der Waals surface area contributed by atoms with Crippen molar-refractivity contribution in [1.82, 2.24) is 31.5 Å². The third-order valence-corrected chi connectivity index (χ3v) is 8.13. The average Bonchev–Trinajstić information content (AvgIpc) is 3.57. The van der Waals surface area contributed by atoms with Crippen LogP contribution in [0, 0.1) is 0 Å². The van der Waals surface area contributed by atoms with Gasteiger partial charge >= 0.3 is 5.97 Å². The Kier molecular flexibility index (Phi) is 18.9. The van der Waals surface area contributed by atoms with Crippen molar-refractivity contribution in [3.63, 3.8) is 0 Å². The van der Waals surface area contributed by atoms with Gasteiger partial charge in [-0.3, -0.25) is 43.2 Å². The van der Waals surface area contributed by atoms with E-state index >= 15 is 0 Å². The zero-order chi connectivity index (χ0) is 41.4. The smallest absolute Gasteiger partial charge is 0.328 e. The molecule has 9 atom stereocenters. The van der Waals surface area contributed by atoms with Gasteiger partial charge in [0, 0.05) is 19.4 Å². The number of carboxylic acid groups (broad SMARTS) is 1. The van der Waals surface area contributed by atoms with Crippen LogP contribution in [-0.2, 0) is 47.9 Å². The molecule has 0 aromatic carbocycles. The minimum Gasteiger partial charge on any atom is -0.480 e. The van der Waals surface area contributed by atoms with E-state index in [1.54, 1.807) is 0 Å². The second kappa shape index (κ2) is 21.9. The number of amides is 9. The van der Waals surface area contributed by atoms with Crippen LogP contribution in [0.5, 0.6) is 0 Å². The molecule has 0 aliphatic carbocycles. The molecule has 54 heavy (non-hydrogen) atoms. The van der Waals surface area contributed by atoms with Gasteiger partial charge in [0.05, 0.1) is 25.2 Å². The second-order valence-electron chi connectivity index (χ2n) is 12.6. The highest BCUT2D eigenvalue weighted by molar-refractivity contribution is 5.98. The number of hydrogen-bond donors (Lipinski definition) is 13. The number of nitrogens with zero attached hydrogens (tertiary/aromatic N) is 1. The Hall–Kier alpha value is -5.46. The van der Waals surface area contributed by atoms with Gasteiger partial charge in [0.1, 0.15) is 36.3 Å². The van der Waals surface area contributed by atoms with Gasteiger partial charge in [0.25, 0.3) is 0 Å². The summed E-state index contributed by atoms with van der Waals surface area (Å²) in [5, 5.41) is 49.4. The third-order valence-electron chi connectivity index (χ3n) is 8.13. The van der Waals surface area contributed by atoms with Crippen LogP contribution in [0.2, 0.25) is 0 Å². The lowest BCUT2D eigenvalue weighted by atomic mass is 10.1. The zero-order valence-electron chi connectivity index (χ0n) is 29.7. The molecule has 17 N–H and O–H groups in total. The van der Waals surface area contributed by atoms with E-state index in [1.165, 1.54) is 0 Å². The highest BCUT2D eigenvalue weighted by Gasteiger charge is 2.41.